The molecule has 0 fully saturated rings. The van der Waals surface area contributed by atoms with Gasteiger partial charge in [0.1, 0.15) is 11.3 Å². The number of aromatic nitrogens is 1. The second-order valence-electron chi connectivity index (χ2n) is 7.50. The van der Waals surface area contributed by atoms with Crippen LogP contribution in [-0.2, 0) is 4.74 Å². The number of hydrogen-bond acceptors (Lipinski definition) is 7. The summed E-state index contributed by atoms with van der Waals surface area (Å²) < 4.78 is 12.1. The number of benzene rings is 2. The van der Waals surface area contributed by atoms with Crippen molar-refractivity contribution < 1.29 is 24.0 Å². The SMILES string of the molecule is CCOC(=O)c1ccc(-n2c(C)cc(/C=N/NC(=O)c3ccc(OCC)cc3)c2C)cc1[N+](=O)[O-]. The van der Waals surface area contributed by atoms with Gasteiger partial charge in [-0.15, -0.1) is 0 Å². The Labute approximate surface area is 202 Å². The Bertz CT molecular complexity index is 1280. The van der Waals surface area contributed by atoms with Crippen LogP contribution in [0.15, 0.2) is 53.6 Å². The second kappa shape index (κ2) is 11.1. The number of carbonyl (C=O) groups is 2. The van der Waals surface area contributed by atoms with Crippen LogP contribution in [0.3, 0.4) is 0 Å². The number of aryl methyl sites for hydroxylation is 1. The lowest BCUT2D eigenvalue weighted by Gasteiger charge is -2.11. The summed E-state index contributed by atoms with van der Waals surface area (Å²) in [5, 5.41) is 15.6. The molecule has 1 heterocycles. The molecule has 1 N–H and O–H groups in total. The third-order valence-electron chi connectivity index (χ3n) is 5.20. The van der Waals surface area contributed by atoms with Gasteiger partial charge in [-0.05, 0) is 70.2 Å². The quantitative estimate of drug-likeness (QED) is 0.211. The first-order valence-corrected chi connectivity index (χ1v) is 11.0. The largest absolute Gasteiger partial charge is 0.494 e. The predicted octanol–water partition coefficient (Wildman–Crippen LogP) is 4.34. The van der Waals surface area contributed by atoms with Crippen LogP contribution in [0, 0.1) is 24.0 Å². The topological polar surface area (TPSA) is 125 Å². The minimum atomic E-state index is -0.747. The van der Waals surface area contributed by atoms with Crippen molar-refractivity contribution in [2.24, 2.45) is 5.10 Å². The van der Waals surface area contributed by atoms with E-state index in [1.807, 2.05) is 26.8 Å². The molecule has 3 rings (SSSR count). The van der Waals surface area contributed by atoms with Crippen LogP contribution in [0.1, 0.15) is 51.5 Å². The van der Waals surface area contributed by atoms with Crippen LogP contribution in [0.2, 0.25) is 0 Å². The second-order valence-corrected chi connectivity index (χ2v) is 7.50. The van der Waals surface area contributed by atoms with E-state index in [0.29, 0.717) is 29.2 Å². The zero-order valence-corrected chi connectivity index (χ0v) is 19.9. The van der Waals surface area contributed by atoms with Crippen molar-refractivity contribution in [3.8, 4) is 11.4 Å². The molecule has 0 aliphatic rings. The third kappa shape index (κ3) is 5.72. The van der Waals surface area contributed by atoms with E-state index in [1.54, 1.807) is 41.8 Å². The van der Waals surface area contributed by atoms with Crippen LogP contribution in [0.4, 0.5) is 5.69 Å². The first-order chi connectivity index (χ1) is 16.8. The van der Waals surface area contributed by atoms with Gasteiger partial charge in [0.2, 0.25) is 0 Å². The molecule has 0 spiro atoms. The average molecular weight is 479 g/mol. The number of esters is 1. The molecule has 10 heteroatoms. The van der Waals surface area contributed by atoms with Crippen molar-refractivity contribution in [1.29, 1.82) is 0 Å². The summed E-state index contributed by atoms with van der Waals surface area (Å²) >= 11 is 0. The standard InChI is InChI=1S/C25H26N4O6/c1-5-34-21-10-7-18(8-11-21)24(30)27-26-15-19-13-16(3)28(17(19)4)20-9-12-22(25(31)35-6-2)23(14-20)29(32)33/h7-15H,5-6H2,1-4H3,(H,27,30)/b26-15+. The van der Waals surface area contributed by atoms with Crippen LogP contribution in [-0.4, -0.2) is 40.8 Å². The minimum absolute atomic E-state index is 0.109. The first-order valence-electron chi connectivity index (χ1n) is 11.0. The van der Waals surface area contributed by atoms with Gasteiger partial charge >= 0.3 is 5.97 Å². The Balaban J connectivity index is 1.82. The fourth-order valence-corrected chi connectivity index (χ4v) is 3.60. The molecule has 10 nitrogen and oxygen atoms in total. The Morgan fingerprint density at radius 3 is 2.43 bits per heavy atom. The van der Waals surface area contributed by atoms with E-state index in [1.165, 1.54) is 18.3 Å². The predicted molar refractivity (Wildman–Crippen MR) is 131 cm³/mol. The van der Waals surface area contributed by atoms with Crippen LogP contribution < -0.4 is 10.2 Å². The van der Waals surface area contributed by atoms with Crippen LogP contribution in [0.25, 0.3) is 5.69 Å². The zero-order valence-electron chi connectivity index (χ0n) is 19.9. The number of nitrogens with zero attached hydrogens (tertiary/aromatic N) is 3. The Kier molecular flexibility index (Phi) is 7.98. The van der Waals surface area contributed by atoms with Crippen molar-refractivity contribution in [2.45, 2.75) is 27.7 Å². The lowest BCUT2D eigenvalue weighted by Crippen LogP contribution is -2.17. The lowest BCUT2D eigenvalue weighted by molar-refractivity contribution is -0.385. The molecular formula is C25H26N4O6. The molecule has 0 saturated heterocycles. The molecule has 0 aliphatic carbocycles. The van der Waals surface area contributed by atoms with Crippen molar-refractivity contribution in [3.05, 3.63) is 86.7 Å². The Morgan fingerprint density at radius 2 is 1.80 bits per heavy atom. The summed E-state index contributed by atoms with van der Waals surface area (Å²) in [6, 6.07) is 12.9. The molecule has 3 aromatic rings. The highest BCUT2D eigenvalue weighted by Crippen LogP contribution is 2.27. The lowest BCUT2D eigenvalue weighted by atomic mass is 10.1. The van der Waals surface area contributed by atoms with Gasteiger partial charge < -0.3 is 14.0 Å². The van der Waals surface area contributed by atoms with Crippen molar-refractivity contribution in [2.75, 3.05) is 13.2 Å². The molecule has 0 saturated carbocycles. The molecular weight excluding hydrogens is 452 g/mol. The van der Waals surface area contributed by atoms with E-state index in [-0.39, 0.29) is 23.8 Å². The highest BCUT2D eigenvalue weighted by Gasteiger charge is 2.23. The smallest absolute Gasteiger partial charge is 0.345 e. The molecule has 0 radical (unpaired) electrons. The number of nitro benzene ring substituents is 1. The van der Waals surface area contributed by atoms with Gasteiger partial charge in [-0.3, -0.25) is 14.9 Å². The van der Waals surface area contributed by atoms with Crippen molar-refractivity contribution in [3.63, 3.8) is 0 Å². The molecule has 35 heavy (non-hydrogen) atoms. The Morgan fingerprint density at radius 1 is 1.09 bits per heavy atom. The van der Waals surface area contributed by atoms with Gasteiger partial charge in [-0.25, -0.2) is 10.2 Å². The van der Waals surface area contributed by atoms with Gasteiger partial charge in [0.15, 0.2) is 0 Å². The van der Waals surface area contributed by atoms with E-state index in [4.69, 9.17) is 9.47 Å². The molecule has 0 aliphatic heterocycles. The summed E-state index contributed by atoms with van der Waals surface area (Å²) in [4.78, 5) is 35.4. The highest BCUT2D eigenvalue weighted by atomic mass is 16.6. The molecule has 1 amide bonds. The van der Waals surface area contributed by atoms with Gasteiger partial charge in [-0.1, -0.05) is 0 Å². The van der Waals surface area contributed by atoms with Gasteiger partial charge in [-0.2, -0.15) is 5.10 Å². The number of nitrogens with one attached hydrogen (secondary N) is 1. The maximum absolute atomic E-state index is 12.3. The van der Waals surface area contributed by atoms with E-state index < -0.39 is 10.9 Å². The van der Waals surface area contributed by atoms with E-state index in [2.05, 4.69) is 10.5 Å². The number of hydrogen-bond donors (Lipinski definition) is 1. The van der Waals surface area contributed by atoms with Gasteiger partial charge in [0.25, 0.3) is 11.6 Å². The van der Waals surface area contributed by atoms with Crippen LogP contribution in [0.5, 0.6) is 5.75 Å². The number of carbonyl (C=O) groups excluding carboxylic acids is 2. The summed E-state index contributed by atoms with van der Waals surface area (Å²) in [6.07, 6.45) is 1.51. The average Bonchev–Trinajstić information content (AvgIpc) is 3.12. The van der Waals surface area contributed by atoms with Crippen LogP contribution >= 0.6 is 0 Å². The van der Waals surface area contributed by atoms with Gasteiger partial charge in [0, 0.05) is 28.6 Å². The van der Waals surface area contributed by atoms with E-state index >= 15 is 0 Å². The normalized spacial score (nSPS) is 10.9. The fraction of sp³-hybridized carbons (Fsp3) is 0.240. The summed E-state index contributed by atoms with van der Waals surface area (Å²) in [5.41, 5.74) is 5.24. The summed E-state index contributed by atoms with van der Waals surface area (Å²) in [7, 11) is 0. The number of rotatable bonds is 9. The number of ether oxygens (including phenoxy) is 2. The maximum atomic E-state index is 12.3. The molecule has 1 aromatic heterocycles. The maximum Gasteiger partial charge on any atom is 0.345 e. The third-order valence-corrected chi connectivity index (χ3v) is 5.20. The molecule has 0 atom stereocenters. The zero-order chi connectivity index (χ0) is 25.5. The molecule has 2 aromatic carbocycles. The molecule has 0 unspecified atom stereocenters. The van der Waals surface area contributed by atoms with Gasteiger partial charge in [0.05, 0.1) is 30.0 Å². The Hall–Kier alpha value is -4.47. The monoisotopic (exact) mass is 478 g/mol. The summed E-state index contributed by atoms with van der Waals surface area (Å²) in [6.45, 7) is 7.84. The summed E-state index contributed by atoms with van der Waals surface area (Å²) in [5.74, 6) is -0.443. The van der Waals surface area contributed by atoms with E-state index in [9.17, 15) is 19.7 Å². The van der Waals surface area contributed by atoms with E-state index in [0.717, 1.165) is 11.4 Å². The number of nitro groups is 1. The highest BCUT2D eigenvalue weighted by molar-refractivity contribution is 5.95. The molecule has 0 bridgehead atoms. The number of hydrazone groups is 1. The van der Waals surface area contributed by atoms with Crippen molar-refractivity contribution in [1.82, 2.24) is 9.99 Å². The minimum Gasteiger partial charge on any atom is -0.494 e. The van der Waals surface area contributed by atoms with Crippen molar-refractivity contribution >= 4 is 23.8 Å². The molecule has 182 valence electrons. The first kappa shape index (κ1) is 25.2. The fourth-order valence-electron chi connectivity index (χ4n) is 3.60. The number of amides is 1.